The van der Waals surface area contributed by atoms with Crippen molar-refractivity contribution in [3.05, 3.63) is 57.8 Å². The Morgan fingerprint density at radius 2 is 2.03 bits per heavy atom. The molecule has 35 heavy (non-hydrogen) atoms. The van der Waals surface area contributed by atoms with Gasteiger partial charge in [-0.1, -0.05) is 23.7 Å². The Bertz CT molecular complexity index is 1390. The molecule has 2 aromatic heterocycles. The smallest absolute Gasteiger partial charge is 0.357 e. The second-order valence-corrected chi connectivity index (χ2v) is 9.51. The molecule has 2 amide bonds. The molecule has 2 N–H and O–H groups in total. The number of piperidine rings is 1. The van der Waals surface area contributed by atoms with Crippen LogP contribution in [-0.4, -0.2) is 54.6 Å². The maximum absolute atomic E-state index is 14.2. The molecule has 1 aliphatic carbocycles. The maximum Gasteiger partial charge on any atom is 0.357 e. The van der Waals surface area contributed by atoms with Gasteiger partial charge in [0.2, 0.25) is 11.8 Å². The number of aryl methyl sites for hydroxylation is 2. The third-order valence-electron chi connectivity index (χ3n) is 6.70. The van der Waals surface area contributed by atoms with E-state index in [0.29, 0.717) is 28.7 Å². The van der Waals surface area contributed by atoms with Gasteiger partial charge in [0.1, 0.15) is 18.4 Å². The van der Waals surface area contributed by atoms with E-state index in [-0.39, 0.29) is 53.1 Å². The minimum atomic E-state index is -1.19. The van der Waals surface area contributed by atoms with Crippen molar-refractivity contribution in [1.29, 1.82) is 0 Å². The number of aromatic nitrogens is 3. The fraction of sp³-hybridized carbons (Fsp3) is 0.375. The quantitative estimate of drug-likeness (QED) is 0.538. The van der Waals surface area contributed by atoms with E-state index in [1.807, 2.05) is 0 Å². The largest absolute Gasteiger partial charge is 0.476 e. The first kappa shape index (κ1) is 23.2. The summed E-state index contributed by atoms with van der Waals surface area (Å²) in [6.07, 6.45) is 1.35. The lowest BCUT2D eigenvalue weighted by Crippen LogP contribution is -2.48. The molecule has 5 rings (SSSR count). The van der Waals surface area contributed by atoms with Gasteiger partial charge in [0.25, 0.3) is 0 Å². The van der Waals surface area contributed by atoms with Crippen molar-refractivity contribution in [3.63, 3.8) is 0 Å². The number of hydrogen-bond donors (Lipinski definition) is 2. The Morgan fingerprint density at radius 1 is 1.26 bits per heavy atom. The van der Waals surface area contributed by atoms with Crippen LogP contribution in [0.3, 0.4) is 0 Å². The lowest BCUT2D eigenvalue weighted by molar-refractivity contribution is -0.140. The molecular weight excluding hydrogens is 477 g/mol. The number of nitrogens with one attached hydrogen (secondary N) is 1. The first-order valence-corrected chi connectivity index (χ1v) is 11.6. The zero-order valence-corrected chi connectivity index (χ0v) is 19.8. The van der Waals surface area contributed by atoms with Gasteiger partial charge in [-0.2, -0.15) is 5.10 Å². The highest BCUT2D eigenvalue weighted by Gasteiger charge is 2.56. The van der Waals surface area contributed by atoms with Gasteiger partial charge in [0.05, 0.1) is 16.2 Å². The Balaban J connectivity index is 1.36. The molecule has 9 nitrogen and oxygen atoms in total. The molecule has 3 aromatic rings. The summed E-state index contributed by atoms with van der Waals surface area (Å²) in [7, 11) is 0. The van der Waals surface area contributed by atoms with Crippen LogP contribution in [0.2, 0.25) is 5.02 Å². The van der Waals surface area contributed by atoms with Crippen molar-refractivity contribution in [2.75, 3.05) is 0 Å². The van der Waals surface area contributed by atoms with E-state index in [9.17, 15) is 23.9 Å². The second-order valence-electron chi connectivity index (χ2n) is 9.10. The van der Waals surface area contributed by atoms with E-state index in [0.717, 1.165) is 6.42 Å². The number of pyridine rings is 1. The fourth-order valence-corrected chi connectivity index (χ4v) is 5.26. The average Bonchev–Trinajstić information content (AvgIpc) is 3.29. The van der Waals surface area contributed by atoms with E-state index < -0.39 is 17.8 Å². The number of carboxylic acid groups (broad SMARTS) is 1. The molecule has 0 bridgehead atoms. The highest BCUT2D eigenvalue weighted by Crippen LogP contribution is 2.48. The van der Waals surface area contributed by atoms with Crippen molar-refractivity contribution >= 4 is 40.3 Å². The van der Waals surface area contributed by atoms with Gasteiger partial charge in [0.15, 0.2) is 5.69 Å². The van der Waals surface area contributed by atoms with Gasteiger partial charge in [-0.25, -0.2) is 9.18 Å². The monoisotopic (exact) mass is 499 g/mol. The number of amides is 2. The first-order chi connectivity index (χ1) is 16.7. The zero-order valence-electron chi connectivity index (χ0n) is 19.1. The van der Waals surface area contributed by atoms with Gasteiger partial charge in [-0.05, 0) is 44.7 Å². The van der Waals surface area contributed by atoms with Crippen molar-refractivity contribution in [2.24, 2.45) is 5.92 Å². The molecule has 2 fully saturated rings. The number of aromatic carboxylic acids is 1. The number of carbonyl (C=O) groups excluding carboxylic acids is 2. The van der Waals surface area contributed by atoms with Gasteiger partial charge in [0, 0.05) is 29.2 Å². The molecular formula is C24H23ClFN5O4. The van der Waals surface area contributed by atoms with Crippen molar-refractivity contribution in [3.8, 4) is 0 Å². The molecule has 0 spiro atoms. The van der Waals surface area contributed by atoms with Crippen LogP contribution in [0.25, 0.3) is 10.9 Å². The Hall–Kier alpha value is -3.53. The number of halogens is 2. The lowest BCUT2D eigenvalue weighted by atomic mass is 10.1. The third kappa shape index (κ3) is 4.12. The second kappa shape index (κ2) is 8.60. The number of carbonyl (C=O) groups is 3. The summed E-state index contributed by atoms with van der Waals surface area (Å²) in [5, 5.41) is 16.9. The van der Waals surface area contributed by atoms with Crippen LogP contribution in [0.1, 0.15) is 40.3 Å². The summed E-state index contributed by atoms with van der Waals surface area (Å²) in [4.78, 5) is 44.1. The molecule has 11 heteroatoms. The number of rotatable bonds is 6. The Kier molecular flexibility index (Phi) is 5.71. The van der Waals surface area contributed by atoms with Gasteiger partial charge >= 0.3 is 5.97 Å². The van der Waals surface area contributed by atoms with Crippen molar-refractivity contribution in [2.45, 2.75) is 51.9 Å². The third-order valence-corrected chi connectivity index (χ3v) is 6.99. The fourth-order valence-electron chi connectivity index (χ4n) is 5.07. The lowest BCUT2D eigenvalue weighted by Gasteiger charge is -2.27. The molecule has 1 aromatic carbocycles. The van der Waals surface area contributed by atoms with Crippen LogP contribution in [0.5, 0.6) is 0 Å². The molecule has 182 valence electrons. The van der Waals surface area contributed by atoms with Crippen LogP contribution in [0, 0.1) is 25.6 Å². The maximum atomic E-state index is 14.2. The summed E-state index contributed by atoms with van der Waals surface area (Å²) in [6.45, 7) is 3.23. The van der Waals surface area contributed by atoms with Gasteiger partial charge in [-0.15, -0.1) is 0 Å². The number of fused-ring (bicyclic) bond motifs is 2. The highest BCUT2D eigenvalue weighted by molar-refractivity contribution is 6.30. The Morgan fingerprint density at radius 3 is 2.77 bits per heavy atom. The van der Waals surface area contributed by atoms with Crippen LogP contribution in [-0.2, 0) is 22.7 Å². The number of benzene rings is 1. The summed E-state index contributed by atoms with van der Waals surface area (Å²) < 4.78 is 15.5. The summed E-state index contributed by atoms with van der Waals surface area (Å²) >= 11 is 5.82. The van der Waals surface area contributed by atoms with E-state index in [1.165, 1.54) is 16.8 Å². The van der Waals surface area contributed by atoms with E-state index in [4.69, 9.17) is 11.6 Å². The van der Waals surface area contributed by atoms with Gasteiger partial charge < -0.3 is 15.3 Å². The first-order valence-electron chi connectivity index (χ1n) is 11.3. The van der Waals surface area contributed by atoms with E-state index in [1.54, 1.807) is 30.9 Å². The Labute approximate surface area is 204 Å². The minimum absolute atomic E-state index is 0.0252. The summed E-state index contributed by atoms with van der Waals surface area (Å²) in [5.41, 5.74) is 1.80. The topological polar surface area (TPSA) is 117 Å². The molecule has 3 atom stereocenters. The molecule has 2 aliphatic rings. The summed E-state index contributed by atoms with van der Waals surface area (Å²) in [5.74, 6) is -2.23. The SMILES string of the molecule is Cc1cc2c(C(=O)O)nn(CC(=O)N3[C@@H]4C[C@@H]4C[C@H]3C(=O)NCc3cccc(Cl)c3F)c2c(C)n1. The van der Waals surface area contributed by atoms with Crippen LogP contribution in [0.15, 0.2) is 24.3 Å². The minimum Gasteiger partial charge on any atom is -0.476 e. The van der Waals surface area contributed by atoms with E-state index in [2.05, 4.69) is 15.4 Å². The van der Waals surface area contributed by atoms with Crippen molar-refractivity contribution in [1.82, 2.24) is 25.0 Å². The molecule has 0 radical (unpaired) electrons. The molecule has 3 heterocycles. The normalized spacial score (nSPS) is 20.7. The molecule has 1 aliphatic heterocycles. The number of nitrogens with zero attached hydrogens (tertiary/aromatic N) is 4. The predicted octanol–water partition coefficient (Wildman–Crippen LogP) is 2.84. The number of carboxylic acids is 1. The standard InChI is InChI=1S/C24H23ClFN5O4/c1-11-6-15-21(24(34)35)29-30(22(15)12(2)28-11)10-19(32)31-17-7-14(17)8-18(31)23(33)27-9-13-4-3-5-16(25)20(13)26/h3-6,14,17-18H,7-10H2,1-2H3,(H,27,33)(H,34,35)/t14-,17-,18+/m1/s1. The van der Waals surface area contributed by atoms with Crippen LogP contribution < -0.4 is 5.32 Å². The summed E-state index contributed by atoms with van der Waals surface area (Å²) in [6, 6.07) is 5.49. The van der Waals surface area contributed by atoms with Crippen molar-refractivity contribution < 1.29 is 23.9 Å². The predicted molar refractivity (Wildman–Crippen MR) is 124 cm³/mol. The van der Waals surface area contributed by atoms with Crippen LogP contribution >= 0.6 is 11.6 Å². The molecule has 0 unspecified atom stereocenters. The van der Waals surface area contributed by atoms with E-state index >= 15 is 0 Å². The number of likely N-dealkylation sites (tertiary alicyclic amines) is 1. The molecule has 1 saturated heterocycles. The molecule has 1 saturated carbocycles. The number of hydrogen-bond acceptors (Lipinski definition) is 5. The average molecular weight is 500 g/mol. The van der Waals surface area contributed by atoms with Crippen LogP contribution in [0.4, 0.5) is 4.39 Å². The highest BCUT2D eigenvalue weighted by atomic mass is 35.5. The van der Waals surface area contributed by atoms with Gasteiger partial charge in [-0.3, -0.25) is 19.3 Å². The zero-order chi connectivity index (χ0) is 25.0.